The number of nitrogens with one attached hydrogen (secondary N) is 1. The minimum atomic E-state index is -1.51. The Hall–Kier alpha value is -3.64. The van der Waals surface area contributed by atoms with Crippen LogP contribution in [0.25, 0.3) is 0 Å². The number of anilines is 1. The van der Waals surface area contributed by atoms with Crippen molar-refractivity contribution in [3.8, 4) is 17.9 Å². The average molecular weight is 347 g/mol. The van der Waals surface area contributed by atoms with E-state index in [0.29, 0.717) is 5.69 Å². The third-order valence-electron chi connectivity index (χ3n) is 3.71. The van der Waals surface area contributed by atoms with Gasteiger partial charge in [0, 0.05) is 5.69 Å². The van der Waals surface area contributed by atoms with Gasteiger partial charge < -0.3 is 10.1 Å². The summed E-state index contributed by atoms with van der Waals surface area (Å²) in [5, 5.41) is 20.9. The second kappa shape index (κ2) is 8.46. The van der Waals surface area contributed by atoms with Crippen molar-refractivity contribution < 1.29 is 14.3 Å². The Kier molecular flexibility index (Phi) is 6.08. The van der Waals surface area contributed by atoms with Crippen LogP contribution in [0.5, 0.6) is 5.75 Å². The molecule has 0 unspecified atom stereocenters. The number of para-hydroxylation sites is 1. The van der Waals surface area contributed by atoms with Gasteiger partial charge in [-0.1, -0.05) is 29.8 Å². The molecule has 0 radical (unpaired) electrons. The average Bonchev–Trinajstić information content (AvgIpc) is 2.64. The predicted octanol–water partition coefficient (Wildman–Crippen LogP) is 2.98. The molecule has 0 heterocycles. The fourth-order valence-electron chi connectivity index (χ4n) is 2.25. The normalized spacial score (nSPS) is 12.2. The zero-order valence-electron chi connectivity index (χ0n) is 14.4. The van der Waals surface area contributed by atoms with Crippen molar-refractivity contribution in [2.24, 2.45) is 5.92 Å². The van der Waals surface area contributed by atoms with E-state index in [1.807, 2.05) is 25.1 Å². The van der Waals surface area contributed by atoms with Gasteiger partial charge in [-0.05, 0) is 38.1 Å². The molecule has 1 N–H and O–H groups in total. The summed E-state index contributed by atoms with van der Waals surface area (Å²) in [7, 11) is 0. The number of nitriles is 2. The van der Waals surface area contributed by atoms with Crippen LogP contribution in [-0.4, -0.2) is 17.8 Å². The molecule has 0 saturated carbocycles. The molecule has 2 aromatic carbocycles. The van der Waals surface area contributed by atoms with Gasteiger partial charge in [-0.3, -0.25) is 9.59 Å². The molecule has 2 aromatic rings. The van der Waals surface area contributed by atoms with Gasteiger partial charge in [0.05, 0.1) is 11.6 Å². The molecule has 0 aromatic heterocycles. The van der Waals surface area contributed by atoms with E-state index in [0.717, 1.165) is 5.56 Å². The van der Waals surface area contributed by atoms with Crippen LogP contribution in [0, 0.1) is 35.5 Å². The Morgan fingerprint density at radius 1 is 1.08 bits per heavy atom. The maximum atomic E-state index is 12.5. The lowest BCUT2D eigenvalue weighted by Crippen LogP contribution is -2.37. The topological polar surface area (TPSA) is 103 Å². The number of carbonyl (C=O) groups excluding carboxylic acids is 2. The summed E-state index contributed by atoms with van der Waals surface area (Å²) in [6.07, 6.45) is -1.06. The second-order valence-corrected chi connectivity index (χ2v) is 5.69. The number of aryl methyl sites for hydroxylation is 1. The lowest BCUT2D eigenvalue weighted by molar-refractivity contribution is -0.133. The Bertz CT molecular complexity index is 892. The number of hydrogen-bond donors (Lipinski definition) is 1. The zero-order chi connectivity index (χ0) is 19.1. The van der Waals surface area contributed by atoms with Gasteiger partial charge in [-0.2, -0.15) is 10.5 Å². The minimum Gasteiger partial charge on any atom is -0.482 e. The number of hydrogen-bond acceptors (Lipinski definition) is 5. The lowest BCUT2D eigenvalue weighted by Gasteiger charge is -2.17. The number of nitrogens with zero attached hydrogens (tertiary/aromatic N) is 2. The summed E-state index contributed by atoms with van der Waals surface area (Å²) in [5.74, 6) is -2.68. The van der Waals surface area contributed by atoms with Crippen LogP contribution in [0.15, 0.2) is 48.5 Å². The fraction of sp³-hybridized carbons (Fsp3) is 0.200. The summed E-state index contributed by atoms with van der Waals surface area (Å²) in [6, 6.07) is 17.1. The fourth-order valence-corrected chi connectivity index (χ4v) is 2.25. The van der Waals surface area contributed by atoms with Gasteiger partial charge in [0.1, 0.15) is 11.8 Å². The van der Waals surface area contributed by atoms with Gasteiger partial charge in [0.15, 0.2) is 17.8 Å². The maximum Gasteiger partial charge on any atom is 0.249 e. The van der Waals surface area contributed by atoms with Crippen molar-refractivity contribution in [1.29, 1.82) is 10.5 Å². The van der Waals surface area contributed by atoms with Gasteiger partial charge >= 0.3 is 0 Å². The molecule has 2 atom stereocenters. The minimum absolute atomic E-state index is 0.228. The van der Waals surface area contributed by atoms with Crippen LogP contribution >= 0.6 is 0 Å². The molecule has 130 valence electrons. The van der Waals surface area contributed by atoms with Crippen molar-refractivity contribution in [3.63, 3.8) is 0 Å². The van der Waals surface area contributed by atoms with Crippen molar-refractivity contribution >= 4 is 17.4 Å². The standard InChI is InChI=1S/C20H17N3O3/c1-13-7-9-16(10-8-13)23-20(25)17(12-22)19(24)14(2)26-18-6-4-3-5-15(18)11-21/h3-10,14,17H,1-2H3,(H,23,25)/t14-,17-/m1/s1. The third kappa shape index (κ3) is 4.46. The number of amides is 1. The Labute approximate surface area is 151 Å². The number of Topliss-reactive ketones (excluding diaryl/α,β-unsaturated/α-hetero) is 1. The molecular formula is C20H17N3O3. The molecular weight excluding hydrogens is 330 g/mol. The molecule has 0 saturated heterocycles. The van der Waals surface area contributed by atoms with Crippen LogP contribution in [0.2, 0.25) is 0 Å². The molecule has 26 heavy (non-hydrogen) atoms. The summed E-state index contributed by atoms with van der Waals surface area (Å²) in [4.78, 5) is 24.8. The van der Waals surface area contributed by atoms with Crippen molar-refractivity contribution in [1.82, 2.24) is 0 Å². The summed E-state index contributed by atoms with van der Waals surface area (Å²) in [5.41, 5.74) is 1.79. The lowest BCUT2D eigenvalue weighted by atomic mass is 10.0. The van der Waals surface area contributed by atoms with Crippen molar-refractivity contribution in [2.45, 2.75) is 20.0 Å². The molecule has 0 aliphatic heterocycles. The smallest absolute Gasteiger partial charge is 0.249 e. The van der Waals surface area contributed by atoms with Crippen LogP contribution in [-0.2, 0) is 9.59 Å². The quantitative estimate of drug-likeness (QED) is 0.809. The molecule has 6 heteroatoms. The van der Waals surface area contributed by atoms with Gasteiger partial charge in [0.25, 0.3) is 0 Å². The Morgan fingerprint density at radius 3 is 2.35 bits per heavy atom. The predicted molar refractivity (Wildman–Crippen MR) is 95.2 cm³/mol. The van der Waals surface area contributed by atoms with Crippen LogP contribution in [0.4, 0.5) is 5.69 Å². The molecule has 0 aliphatic carbocycles. The van der Waals surface area contributed by atoms with Gasteiger partial charge in [0.2, 0.25) is 5.91 Å². The molecule has 1 amide bonds. The zero-order valence-corrected chi connectivity index (χ0v) is 14.4. The Balaban J connectivity index is 2.09. The highest BCUT2D eigenvalue weighted by atomic mass is 16.5. The first-order chi connectivity index (χ1) is 12.5. The van der Waals surface area contributed by atoms with E-state index in [4.69, 9.17) is 10.00 Å². The maximum absolute atomic E-state index is 12.5. The van der Waals surface area contributed by atoms with E-state index in [1.165, 1.54) is 6.92 Å². The molecule has 0 aliphatic rings. The van der Waals surface area contributed by atoms with Crippen molar-refractivity contribution in [2.75, 3.05) is 5.32 Å². The SMILES string of the molecule is Cc1ccc(NC(=O)[C@H](C#N)C(=O)[C@@H](C)Oc2ccccc2C#N)cc1. The largest absolute Gasteiger partial charge is 0.482 e. The van der Waals surface area contributed by atoms with Crippen LogP contribution in [0.3, 0.4) is 0 Å². The summed E-state index contributed by atoms with van der Waals surface area (Å²) in [6.45, 7) is 3.35. The monoisotopic (exact) mass is 347 g/mol. The number of rotatable bonds is 6. The third-order valence-corrected chi connectivity index (χ3v) is 3.71. The van der Waals surface area contributed by atoms with Crippen LogP contribution < -0.4 is 10.1 Å². The molecule has 0 bridgehead atoms. The number of ether oxygens (including phenoxy) is 1. The number of carbonyl (C=O) groups is 2. The first-order valence-corrected chi connectivity index (χ1v) is 7.93. The Morgan fingerprint density at radius 2 is 1.73 bits per heavy atom. The number of ketones is 1. The second-order valence-electron chi connectivity index (χ2n) is 5.69. The molecule has 6 nitrogen and oxygen atoms in total. The van der Waals surface area contributed by atoms with E-state index in [9.17, 15) is 14.9 Å². The highest BCUT2D eigenvalue weighted by Crippen LogP contribution is 2.20. The van der Waals surface area contributed by atoms with E-state index >= 15 is 0 Å². The van der Waals surface area contributed by atoms with Crippen LogP contribution in [0.1, 0.15) is 18.1 Å². The highest BCUT2D eigenvalue weighted by Gasteiger charge is 2.32. The molecule has 0 fully saturated rings. The van der Waals surface area contributed by atoms with Gasteiger partial charge in [-0.25, -0.2) is 0 Å². The first-order valence-electron chi connectivity index (χ1n) is 7.93. The molecule has 2 rings (SSSR count). The summed E-state index contributed by atoms with van der Waals surface area (Å²) < 4.78 is 5.49. The summed E-state index contributed by atoms with van der Waals surface area (Å²) >= 11 is 0. The number of benzene rings is 2. The van der Waals surface area contributed by atoms with E-state index in [1.54, 1.807) is 42.5 Å². The first kappa shape index (κ1) is 18.7. The van der Waals surface area contributed by atoms with Gasteiger partial charge in [-0.15, -0.1) is 0 Å². The van der Waals surface area contributed by atoms with E-state index < -0.39 is 23.7 Å². The van der Waals surface area contributed by atoms with E-state index in [2.05, 4.69) is 5.32 Å². The molecule has 0 spiro atoms. The highest BCUT2D eigenvalue weighted by molar-refractivity contribution is 6.10. The van der Waals surface area contributed by atoms with E-state index in [-0.39, 0.29) is 11.3 Å². The van der Waals surface area contributed by atoms with Crippen molar-refractivity contribution in [3.05, 3.63) is 59.7 Å².